The molecule has 0 aliphatic heterocycles. The van der Waals surface area contributed by atoms with E-state index >= 15 is 0 Å². The van der Waals surface area contributed by atoms with Crippen molar-refractivity contribution in [2.45, 2.75) is 17.9 Å². The summed E-state index contributed by atoms with van der Waals surface area (Å²) in [5.41, 5.74) is -11.6. The Bertz CT molecular complexity index is 657. The van der Waals surface area contributed by atoms with E-state index in [0.717, 1.165) is 0 Å². The van der Waals surface area contributed by atoms with Gasteiger partial charge in [0.05, 0.1) is 16.8 Å². The molecule has 0 unspecified atom stereocenters. The molecule has 0 saturated heterocycles. The predicted octanol–water partition coefficient (Wildman–Crippen LogP) is 3.99. The van der Waals surface area contributed by atoms with Crippen molar-refractivity contribution < 1.29 is 47.9 Å². The minimum absolute atomic E-state index is 0.0335. The summed E-state index contributed by atoms with van der Waals surface area (Å²) in [5, 5.41) is 0. The van der Waals surface area contributed by atoms with Crippen molar-refractivity contribution in [2.24, 2.45) is 0 Å². The molecule has 3 nitrogen and oxygen atoms in total. The summed E-state index contributed by atoms with van der Waals surface area (Å²) in [4.78, 5) is 0. The fraction of sp³-hybridized carbons (Fsp3) is 0.333. The quantitative estimate of drug-likeness (QED) is 0.810. The van der Waals surface area contributed by atoms with Crippen LogP contribution in [0.3, 0.4) is 0 Å². The van der Waals surface area contributed by atoms with E-state index in [-0.39, 0.29) is 18.2 Å². The van der Waals surface area contributed by atoms with Crippen molar-refractivity contribution >= 4 is 15.7 Å². The minimum Gasteiger partial charge on any atom is -0.275 e. The third-order valence-corrected chi connectivity index (χ3v) is 3.30. The maximum atomic E-state index is 12.6. The number of halogens is 9. The van der Waals surface area contributed by atoms with E-state index in [1.54, 1.807) is 0 Å². The first-order valence-corrected chi connectivity index (χ1v) is 6.41. The number of anilines is 1. The van der Waals surface area contributed by atoms with Gasteiger partial charge in [-0.05, 0) is 18.2 Å². The van der Waals surface area contributed by atoms with Gasteiger partial charge in [0.1, 0.15) is 0 Å². The van der Waals surface area contributed by atoms with Crippen molar-refractivity contribution in [1.29, 1.82) is 0 Å². The van der Waals surface area contributed by atoms with Crippen molar-refractivity contribution in [1.82, 2.24) is 0 Å². The zero-order valence-corrected chi connectivity index (χ0v) is 10.7. The molecule has 1 aromatic carbocycles. The van der Waals surface area contributed by atoms with E-state index in [2.05, 4.69) is 0 Å². The van der Waals surface area contributed by atoms with Crippen LogP contribution < -0.4 is 4.72 Å². The Labute approximate surface area is 116 Å². The Hall–Kier alpha value is -1.66. The summed E-state index contributed by atoms with van der Waals surface area (Å²) in [6.07, 6.45) is -10.5. The van der Waals surface area contributed by atoms with E-state index in [4.69, 9.17) is 0 Å². The molecule has 0 bridgehead atoms. The summed E-state index contributed by atoms with van der Waals surface area (Å²) < 4.78 is 133. The van der Waals surface area contributed by atoms with Gasteiger partial charge in [-0.15, -0.1) is 0 Å². The lowest BCUT2D eigenvalue weighted by Gasteiger charge is -2.17. The number of rotatable bonds is 2. The van der Waals surface area contributed by atoms with E-state index in [9.17, 15) is 47.9 Å². The maximum absolute atomic E-state index is 12.6. The molecule has 126 valence electrons. The fourth-order valence-corrected chi connectivity index (χ4v) is 1.83. The fourth-order valence-electron chi connectivity index (χ4n) is 1.25. The molecule has 0 radical (unpaired) electrons. The Morgan fingerprint density at radius 2 is 1.32 bits per heavy atom. The molecule has 0 saturated carbocycles. The molecule has 13 heteroatoms. The van der Waals surface area contributed by atoms with Crippen LogP contribution in [-0.4, -0.2) is 13.9 Å². The van der Waals surface area contributed by atoms with Gasteiger partial charge in [0.25, 0.3) is 0 Å². The lowest BCUT2D eigenvalue weighted by molar-refractivity contribution is -0.140. The topological polar surface area (TPSA) is 46.2 Å². The lowest BCUT2D eigenvalue weighted by Crippen LogP contribution is -2.31. The minimum atomic E-state index is -6.31. The van der Waals surface area contributed by atoms with Gasteiger partial charge in [0, 0.05) is 0 Å². The molecule has 0 fully saturated rings. The first kappa shape index (κ1) is 18.4. The van der Waals surface area contributed by atoms with Crippen molar-refractivity contribution in [3.05, 3.63) is 29.3 Å². The van der Waals surface area contributed by atoms with Crippen molar-refractivity contribution in [3.8, 4) is 0 Å². The third kappa shape index (κ3) is 3.96. The SMILES string of the molecule is O=S(=O)(Nc1cc(C(F)(F)F)ccc1C(F)(F)F)C(F)(F)F. The van der Waals surface area contributed by atoms with Gasteiger partial charge in [0.15, 0.2) is 0 Å². The van der Waals surface area contributed by atoms with Gasteiger partial charge in [-0.3, -0.25) is 4.72 Å². The van der Waals surface area contributed by atoms with Gasteiger partial charge < -0.3 is 0 Å². The largest absolute Gasteiger partial charge is 0.516 e. The summed E-state index contributed by atoms with van der Waals surface area (Å²) in [6.45, 7) is 0. The van der Waals surface area contributed by atoms with Crippen LogP contribution in [0.4, 0.5) is 45.2 Å². The highest BCUT2D eigenvalue weighted by Gasteiger charge is 2.47. The molecule has 0 heterocycles. The van der Waals surface area contributed by atoms with Gasteiger partial charge in [-0.2, -0.15) is 47.9 Å². The summed E-state index contributed by atoms with van der Waals surface area (Å²) >= 11 is 0. The molecule has 0 aliphatic carbocycles. The van der Waals surface area contributed by atoms with Crippen LogP contribution in [0, 0.1) is 0 Å². The van der Waals surface area contributed by atoms with Crippen LogP contribution >= 0.6 is 0 Å². The van der Waals surface area contributed by atoms with Gasteiger partial charge in [-0.1, -0.05) is 0 Å². The maximum Gasteiger partial charge on any atom is 0.516 e. The molecule has 0 spiro atoms. The van der Waals surface area contributed by atoms with Crippen LogP contribution in [-0.2, 0) is 22.4 Å². The Balaban J connectivity index is 3.49. The lowest BCUT2D eigenvalue weighted by atomic mass is 10.1. The van der Waals surface area contributed by atoms with E-state index in [1.165, 1.54) is 0 Å². The Kier molecular flexibility index (Phi) is 4.35. The number of alkyl halides is 9. The van der Waals surface area contributed by atoms with Crippen molar-refractivity contribution in [3.63, 3.8) is 0 Å². The highest BCUT2D eigenvalue weighted by Crippen LogP contribution is 2.40. The summed E-state index contributed by atoms with van der Waals surface area (Å²) in [6, 6.07) is -0.572. The van der Waals surface area contributed by atoms with Gasteiger partial charge >= 0.3 is 27.9 Å². The molecule has 22 heavy (non-hydrogen) atoms. The summed E-state index contributed by atoms with van der Waals surface area (Å²) in [7, 11) is -6.31. The Morgan fingerprint density at radius 1 is 0.818 bits per heavy atom. The molecule has 0 aromatic heterocycles. The number of benzene rings is 1. The summed E-state index contributed by atoms with van der Waals surface area (Å²) in [5.74, 6) is 0. The van der Waals surface area contributed by atoms with Crippen LogP contribution in [0.1, 0.15) is 11.1 Å². The predicted molar refractivity (Wildman–Crippen MR) is 55.0 cm³/mol. The van der Waals surface area contributed by atoms with Gasteiger partial charge in [-0.25, -0.2) is 0 Å². The van der Waals surface area contributed by atoms with E-state index in [0.29, 0.717) is 4.72 Å². The number of sulfonamides is 1. The van der Waals surface area contributed by atoms with Crippen LogP contribution in [0.25, 0.3) is 0 Å². The Morgan fingerprint density at radius 3 is 1.68 bits per heavy atom. The third-order valence-electron chi connectivity index (χ3n) is 2.20. The van der Waals surface area contributed by atoms with Gasteiger partial charge in [0.2, 0.25) is 0 Å². The standard InChI is InChI=1S/C9H4F9NO2S/c10-7(11,12)4-1-2-5(8(13,14)15)6(3-4)19-22(20,21)9(16,17)18/h1-3,19H. The van der Waals surface area contributed by atoms with E-state index < -0.39 is 44.7 Å². The van der Waals surface area contributed by atoms with Crippen molar-refractivity contribution in [2.75, 3.05) is 4.72 Å². The molecule has 0 atom stereocenters. The molecule has 0 aliphatic rings. The van der Waals surface area contributed by atoms with Crippen LogP contribution in [0.5, 0.6) is 0 Å². The molecule has 1 N–H and O–H groups in total. The first-order chi connectivity index (χ1) is 9.56. The van der Waals surface area contributed by atoms with Crippen LogP contribution in [0.15, 0.2) is 18.2 Å². The molecule has 1 rings (SSSR count). The second kappa shape index (κ2) is 5.21. The number of nitrogens with one attached hydrogen (secondary N) is 1. The number of hydrogen-bond acceptors (Lipinski definition) is 2. The second-order valence-corrected chi connectivity index (χ2v) is 5.48. The smallest absolute Gasteiger partial charge is 0.275 e. The first-order valence-electron chi connectivity index (χ1n) is 4.93. The van der Waals surface area contributed by atoms with E-state index in [1.807, 2.05) is 0 Å². The zero-order chi connectivity index (χ0) is 17.6. The molecule has 1 aromatic rings. The molecular formula is C9H4F9NO2S. The average molecular weight is 361 g/mol. The monoisotopic (exact) mass is 361 g/mol. The highest BCUT2D eigenvalue weighted by atomic mass is 32.2. The average Bonchev–Trinajstić information content (AvgIpc) is 2.23. The normalized spacial score (nSPS) is 14.0. The zero-order valence-electron chi connectivity index (χ0n) is 9.86. The van der Waals surface area contributed by atoms with Crippen LogP contribution in [0.2, 0.25) is 0 Å². The molecule has 0 amide bonds. The molecular weight excluding hydrogens is 357 g/mol. The second-order valence-electron chi connectivity index (χ2n) is 3.81. The number of hydrogen-bond donors (Lipinski definition) is 1. The highest BCUT2D eigenvalue weighted by molar-refractivity contribution is 7.93.